The molecule has 0 unspecified atom stereocenters. The fourth-order valence-electron chi connectivity index (χ4n) is 2.99. The molecule has 0 radical (unpaired) electrons. The summed E-state index contributed by atoms with van der Waals surface area (Å²) in [5, 5.41) is 13.2. The largest absolute Gasteiger partial charge is 0.480 e. The molecule has 0 fully saturated rings. The number of aromatic nitrogens is 5. The van der Waals surface area contributed by atoms with Gasteiger partial charge in [-0.2, -0.15) is 5.10 Å². The Morgan fingerprint density at radius 3 is 2.64 bits per heavy atom. The number of aryl methyl sites for hydroxylation is 1. The van der Waals surface area contributed by atoms with E-state index in [0.29, 0.717) is 29.2 Å². The van der Waals surface area contributed by atoms with Gasteiger partial charge in [0.2, 0.25) is 5.88 Å². The van der Waals surface area contributed by atoms with Gasteiger partial charge in [-0.3, -0.25) is 4.68 Å². The number of nitrogens with zero attached hydrogens (tertiary/aromatic N) is 5. The summed E-state index contributed by atoms with van der Waals surface area (Å²) in [7, 11) is 1.52. The summed E-state index contributed by atoms with van der Waals surface area (Å²) in [6.07, 6.45) is 0.919. The number of halogens is 2. The van der Waals surface area contributed by atoms with Crippen LogP contribution in [0, 0.1) is 0 Å². The molecule has 4 rings (SSSR count). The fourth-order valence-corrected chi connectivity index (χ4v) is 2.99. The van der Waals surface area contributed by atoms with Crippen molar-refractivity contribution < 1.29 is 13.5 Å². The normalized spacial score (nSPS) is 11.3. The van der Waals surface area contributed by atoms with Crippen LogP contribution in [0.15, 0.2) is 48.8 Å². The standard InChI is InChI=1S/C20H17F2N5O/c1-3-27-11-14(10-23-27)15-6-7-16(20(21)22)24-19(15)13-5-4-12-9-18(28-2)26-25-17(12)8-13/h4-11,20H,3H2,1-2H3. The van der Waals surface area contributed by atoms with E-state index in [-0.39, 0.29) is 5.69 Å². The molecule has 28 heavy (non-hydrogen) atoms. The molecule has 3 aromatic heterocycles. The van der Waals surface area contributed by atoms with Crippen molar-refractivity contribution in [2.45, 2.75) is 19.9 Å². The van der Waals surface area contributed by atoms with Gasteiger partial charge in [0.15, 0.2) is 0 Å². The van der Waals surface area contributed by atoms with E-state index in [1.165, 1.54) is 13.2 Å². The Morgan fingerprint density at radius 1 is 1.07 bits per heavy atom. The maximum absolute atomic E-state index is 13.3. The van der Waals surface area contributed by atoms with Crippen LogP contribution >= 0.6 is 0 Å². The van der Waals surface area contributed by atoms with Crippen molar-refractivity contribution in [3.05, 3.63) is 54.5 Å². The Morgan fingerprint density at radius 2 is 1.93 bits per heavy atom. The third-order valence-electron chi connectivity index (χ3n) is 4.46. The van der Waals surface area contributed by atoms with Crippen LogP contribution in [0.25, 0.3) is 33.3 Å². The monoisotopic (exact) mass is 381 g/mol. The zero-order valence-electron chi connectivity index (χ0n) is 15.3. The van der Waals surface area contributed by atoms with E-state index in [2.05, 4.69) is 20.3 Å². The molecule has 0 N–H and O–H groups in total. The minimum Gasteiger partial charge on any atom is -0.480 e. The van der Waals surface area contributed by atoms with Crippen LogP contribution in [0.5, 0.6) is 5.88 Å². The average molecular weight is 381 g/mol. The third-order valence-corrected chi connectivity index (χ3v) is 4.46. The van der Waals surface area contributed by atoms with E-state index >= 15 is 0 Å². The number of fused-ring (bicyclic) bond motifs is 1. The van der Waals surface area contributed by atoms with Gasteiger partial charge in [0.1, 0.15) is 5.69 Å². The molecule has 0 aliphatic carbocycles. The number of hydrogen-bond donors (Lipinski definition) is 0. The van der Waals surface area contributed by atoms with E-state index in [4.69, 9.17) is 4.74 Å². The van der Waals surface area contributed by atoms with Gasteiger partial charge < -0.3 is 4.74 Å². The summed E-state index contributed by atoms with van der Waals surface area (Å²) < 4.78 is 33.4. The molecular weight excluding hydrogens is 364 g/mol. The Balaban J connectivity index is 1.88. The van der Waals surface area contributed by atoms with Gasteiger partial charge in [0.05, 0.1) is 24.5 Å². The predicted molar refractivity (Wildman–Crippen MR) is 101 cm³/mol. The third kappa shape index (κ3) is 3.28. The Bertz CT molecular complexity index is 1140. The van der Waals surface area contributed by atoms with Crippen LogP contribution < -0.4 is 4.74 Å². The van der Waals surface area contributed by atoms with Gasteiger partial charge in [0, 0.05) is 40.9 Å². The van der Waals surface area contributed by atoms with Gasteiger partial charge >= 0.3 is 0 Å². The summed E-state index contributed by atoms with van der Waals surface area (Å²) >= 11 is 0. The molecule has 0 spiro atoms. The molecule has 0 saturated carbocycles. The number of alkyl halides is 2. The molecule has 0 bridgehead atoms. The quantitative estimate of drug-likeness (QED) is 0.508. The molecule has 3 heterocycles. The lowest BCUT2D eigenvalue weighted by atomic mass is 10.00. The molecule has 0 amide bonds. The Hall–Kier alpha value is -3.42. The van der Waals surface area contributed by atoms with E-state index in [1.54, 1.807) is 29.1 Å². The summed E-state index contributed by atoms with van der Waals surface area (Å²) in [5.74, 6) is 0.408. The highest BCUT2D eigenvalue weighted by Gasteiger charge is 2.17. The number of pyridine rings is 1. The summed E-state index contributed by atoms with van der Waals surface area (Å²) in [6, 6.07) is 10.2. The topological polar surface area (TPSA) is 65.7 Å². The second kappa shape index (κ2) is 7.30. The van der Waals surface area contributed by atoms with Crippen molar-refractivity contribution in [3.63, 3.8) is 0 Å². The van der Waals surface area contributed by atoms with E-state index in [9.17, 15) is 8.78 Å². The van der Waals surface area contributed by atoms with Gasteiger partial charge in [-0.05, 0) is 19.1 Å². The van der Waals surface area contributed by atoms with Gasteiger partial charge in [-0.25, -0.2) is 13.8 Å². The SMILES string of the molecule is CCn1cc(-c2ccc(C(F)F)nc2-c2ccc3cc(OC)nnc3c2)cn1. The van der Waals surface area contributed by atoms with E-state index in [0.717, 1.165) is 16.5 Å². The average Bonchev–Trinajstić information content (AvgIpc) is 3.21. The number of methoxy groups -OCH3 is 1. The lowest BCUT2D eigenvalue weighted by Crippen LogP contribution is -1.97. The van der Waals surface area contributed by atoms with Gasteiger partial charge in [-0.1, -0.05) is 18.2 Å². The molecule has 4 aromatic rings. The van der Waals surface area contributed by atoms with E-state index in [1.807, 2.05) is 25.3 Å². The Kier molecular flexibility index (Phi) is 4.68. The minimum atomic E-state index is -2.66. The van der Waals surface area contributed by atoms with Crippen LogP contribution in [0.3, 0.4) is 0 Å². The van der Waals surface area contributed by atoms with Crippen molar-refractivity contribution in [2.24, 2.45) is 0 Å². The van der Waals surface area contributed by atoms with Gasteiger partial charge in [-0.15, -0.1) is 10.2 Å². The Labute approximate surface area is 159 Å². The predicted octanol–water partition coefficient (Wildman–Crippen LogP) is 4.52. The lowest BCUT2D eigenvalue weighted by Gasteiger charge is -2.11. The maximum Gasteiger partial charge on any atom is 0.280 e. The van der Waals surface area contributed by atoms with Crippen molar-refractivity contribution in [1.29, 1.82) is 0 Å². The number of ether oxygens (including phenoxy) is 1. The van der Waals surface area contributed by atoms with Crippen molar-refractivity contribution in [2.75, 3.05) is 7.11 Å². The van der Waals surface area contributed by atoms with Crippen LogP contribution in [0.4, 0.5) is 8.78 Å². The zero-order valence-corrected chi connectivity index (χ0v) is 15.3. The van der Waals surface area contributed by atoms with Crippen molar-refractivity contribution in [3.8, 4) is 28.3 Å². The molecule has 0 aliphatic heterocycles. The first-order chi connectivity index (χ1) is 13.6. The number of hydrogen-bond acceptors (Lipinski definition) is 5. The summed E-state index contributed by atoms with van der Waals surface area (Å²) in [6.45, 7) is 2.69. The van der Waals surface area contributed by atoms with E-state index < -0.39 is 6.43 Å². The molecule has 142 valence electrons. The van der Waals surface area contributed by atoms with Crippen LogP contribution in [0.1, 0.15) is 19.0 Å². The summed E-state index contributed by atoms with van der Waals surface area (Å²) in [4.78, 5) is 4.23. The van der Waals surface area contributed by atoms with Crippen LogP contribution in [0.2, 0.25) is 0 Å². The molecule has 8 heteroatoms. The number of benzene rings is 1. The van der Waals surface area contributed by atoms with Crippen molar-refractivity contribution >= 4 is 10.9 Å². The summed E-state index contributed by atoms with van der Waals surface area (Å²) in [5.41, 5.74) is 3.01. The highest BCUT2D eigenvalue weighted by atomic mass is 19.3. The van der Waals surface area contributed by atoms with Crippen LogP contribution in [-0.4, -0.2) is 32.1 Å². The van der Waals surface area contributed by atoms with Crippen molar-refractivity contribution in [1.82, 2.24) is 25.0 Å². The smallest absolute Gasteiger partial charge is 0.280 e. The molecular formula is C20H17F2N5O. The van der Waals surface area contributed by atoms with Gasteiger partial charge in [0.25, 0.3) is 6.43 Å². The minimum absolute atomic E-state index is 0.275. The first kappa shape index (κ1) is 18.0. The molecule has 0 aliphatic rings. The van der Waals surface area contributed by atoms with Crippen LogP contribution in [-0.2, 0) is 6.54 Å². The molecule has 1 aromatic carbocycles. The number of rotatable bonds is 5. The molecule has 0 saturated heterocycles. The fraction of sp³-hybridized carbons (Fsp3) is 0.200. The lowest BCUT2D eigenvalue weighted by molar-refractivity contribution is 0.146. The first-order valence-electron chi connectivity index (χ1n) is 8.73. The second-order valence-electron chi connectivity index (χ2n) is 6.18. The zero-order chi connectivity index (χ0) is 19.7. The molecule has 0 atom stereocenters. The second-order valence-corrected chi connectivity index (χ2v) is 6.18. The highest BCUT2D eigenvalue weighted by molar-refractivity contribution is 5.88. The highest BCUT2D eigenvalue weighted by Crippen LogP contribution is 2.34. The first-order valence-corrected chi connectivity index (χ1v) is 8.73. The maximum atomic E-state index is 13.3. The molecule has 6 nitrogen and oxygen atoms in total.